The van der Waals surface area contributed by atoms with Crippen molar-refractivity contribution in [3.05, 3.63) is 27.4 Å². The lowest BCUT2D eigenvalue weighted by molar-refractivity contribution is 0.782. The highest BCUT2D eigenvalue weighted by Crippen LogP contribution is 2.24. The van der Waals surface area contributed by atoms with Crippen molar-refractivity contribution >= 4 is 22.6 Å². The molecule has 0 spiro atoms. The monoisotopic (exact) mass is 239 g/mol. The molecular weight excluding hydrogens is 226 g/mol. The van der Waals surface area contributed by atoms with Crippen LogP contribution in [0.1, 0.15) is 25.5 Å². The van der Waals surface area contributed by atoms with Crippen LogP contribution in [0.2, 0.25) is 5.15 Å². The summed E-state index contributed by atoms with van der Waals surface area (Å²) < 4.78 is 3.21. The summed E-state index contributed by atoms with van der Waals surface area (Å²) in [5.41, 5.74) is 2.51. The average Bonchev–Trinajstić information content (AvgIpc) is 2.43. The summed E-state index contributed by atoms with van der Waals surface area (Å²) in [7, 11) is 3.50. The maximum absolute atomic E-state index is 11.8. The fourth-order valence-electron chi connectivity index (χ4n) is 1.94. The SMILES string of the molecule is CC(C)c1nc(Cl)cc2c1n(C)c(=O)n2C. The average molecular weight is 240 g/mol. The number of nitrogens with zero attached hydrogens (tertiary/aromatic N) is 3. The summed E-state index contributed by atoms with van der Waals surface area (Å²) in [4.78, 5) is 16.1. The van der Waals surface area contributed by atoms with Gasteiger partial charge in [-0.05, 0) is 5.92 Å². The van der Waals surface area contributed by atoms with Crippen molar-refractivity contribution in [3.8, 4) is 0 Å². The highest BCUT2D eigenvalue weighted by atomic mass is 35.5. The van der Waals surface area contributed by atoms with Crippen LogP contribution in [-0.4, -0.2) is 14.1 Å². The number of aromatic nitrogens is 3. The Morgan fingerprint density at radius 1 is 1.31 bits per heavy atom. The Hall–Kier alpha value is -1.29. The van der Waals surface area contributed by atoms with Crippen LogP contribution in [0, 0.1) is 0 Å². The molecule has 0 saturated heterocycles. The molecule has 2 aromatic heterocycles. The van der Waals surface area contributed by atoms with E-state index in [0.29, 0.717) is 5.15 Å². The summed E-state index contributed by atoms with van der Waals surface area (Å²) in [5, 5.41) is 0.428. The van der Waals surface area contributed by atoms with Crippen molar-refractivity contribution in [1.82, 2.24) is 14.1 Å². The molecule has 0 fully saturated rings. The van der Waals surface area contributed by atoms with Crippen LogP contribution in [0.15, 0.2) is 10.9 Å². The number of hydrogen-bond acceptors (Lipinski definition) is 2. The Morgan fingerprint density at radius 3 is 2.50 bits per heavy atom. The third kappa shape index (κ3) is 1.45. The molecule has 86 valence electrons. The Morgan fingerprint density at radius 2 is 1.94 bits per heavy atom. The van der Waals surface area contributed by atoms with E-state index >= 15 is 0 Å². The first-order valence-corrected chi connectivity index (χ1v) is 5.53. The third-order valence-electron chi connectivity index (χ3n) is 2.79. The molecule has 4 nitrogen and oxygen atoms in total. The number of halogens is 1. The van der Waals surface area contributed by atoms with Gasteiger partial charge in [-0.1, -0.05) is 25.4 Å². The third-order valence-corrected chi connectivity index (χ3v) is 2.98. The van der Waals surface area contributed by atoms with Gasteiger partial charge < -0.3 is 0 Å². The first-order valence-electron chi connectivity index (χ1n) is 5.15. The Kier molecular flexibility index (Phi) is 2.54. The summed E-state index contributed by atoms with van der Waals surface area (Å²) in [6.45, 7) is 4.07. The van der Waals surface area contributed by atoms with Crippen LogP contribution in [-0.2, 0) is 14.1 Å². The topological polar surface area (TPSA) is 39.8 Å². The van der Waals surface area contributed by atoms with Crippen molar-refractivity contribution in [3.63, 3.8) is 0 Å². The van der Waals surface area contributed by atoms with Crippen LogP contribution in [0.4, 0.5) is 0 Å². The molecule has 0 atom stereocenters. The van der Waals surface area contributed by atoms with Gasteiger partial charge in [0, 0.05) is 20.2 Å². The highest BCUT2D eigenvalue weighted by molar-refractivity contribution is 6.30. The molecule has 0 aliphatic carbocycles. The van der Waals surface area contributed by atoms with E-state index in [1.807, 2.05) is 13.8 Å². The summed E-state index contributed by atoms with van der Waals surface area (Å²) >= 11 is 5.97. The minimum Gasteiger partial charge on any atom is -0.295 e. The summed E-state index contributed by atoms with van der Waals surface area (Å²) in [5.74, 6) is 0.231. The molecule has 0 amide bonds. The van der Waals surface area contributed by atoms with Crippen molar-refractivity contribution < 1.29 is 0 Å². The number of aryl methyl sites for hydroxylation is 2. The number of rotatable bonds is 1. The fraction of sp³-hybridized carbons (Fsp3) is 0.455. The Bertz CT molecular complexity index is 610. The van der Waals surface area contributed by atoms with Gasteiger partial charge in [-0.3, -0.25) is 9.13 Å². The van der Waals surface area contributed by atoms with E-state index in [0.717, 1.165) is 16.7 Å². The standard InChI is InChI=1S/C11H14ClN3O/c1-6(2)9-10-7(5-8(12)13-9)14(3)11(16)15(10)4/h5-6H,1-4H3. The van der Waals surface area contributed by atoms with Crippen LogP contribution >= 0.6 is 11.6 Å². The van der Waals surface area contributed by atoms with Crippen LogP contribution < -0.4 is 5.69 Å². The van der Waals surface area contributed by atoms with Crippen molar-refractivity contribution in [2.45, 2.75) is 19.8 Å². The van der Waals surface area contributed by atoms with Gasteiger partial charge in [-0.2, -0.15) is 0 Å². The molecule has 0 bridgehead atoms. The molecule has 2 rings (SSSR count). The molecule has 2 aromatic rings. The quantitative estimate of drug-likeness (QED) is 0.715. The minimum absolute atomic E-state index is 0.0547. The van der Waals surface area contributed by atoms with Crippen LogP contribution in [0.3, 0.4) is 0 Å². The van der Waals surface area contributed by atoms with Gasteiger partial charge in [0.1, 0.15) is 5.15 Å². The summed E-state index contributed by atoms with van der Waals surface area (Å²) in [6, 6.07) is 1.73. The van der Waals surface area contributed by atoms with E-state index in [-0.39, 0.29) is 11.6 Å². The number of imidazole rings is 1. The molecule has 0 aromatic carbocycles. The van der Waals surface area contributed by atoms with Gasteiger partial charge in [0.25, 0.3) is 0 Å². The summed E-state index contributed by atoms with van der Waals surface area (Å²) in [6.07, 6.45) is 0. The second-order valence-corrected chi connectivity index (χ2v) is 4.64. The predicted octanol–water partition coefficient (Wildman–Crippen LogP) is 2.05. The smallest absolute Gasteiger partial charge is 0.295 e. The van der Waals surface area contributed by atoms with Gasteiger partial charge >= 0.3 is 5.69 Å². The molecular formula is C11H14ClN3O. The van der Waals surface area contributed by atoms with E-state index in [9.17, 15) is 4.79 Å². The molecule has 0 N–H and O–H groups in total. The zero-order valence-corrected chi connectivity index (χ0v) is 10.5. The Balaban J connectivity index is 3.02. The van der Waals surface area contributed by atoms with Gasteiger partial charge in [-0.15, -0.1) is 0 Å². The van der Waals surface area contributed by atoms with Crippen LogP contribution in [0.5, 0.6) is 0 Å². The zero-order chi connectivity index (χ0) is 12.0. The van der Waals surface area contributed by atoms with E-state index in [2.05, 4.69) is 4.98 Å². The van der Waals surface area contributed by atoms with E-state index < -0.39 is 0 Å². The minimum atomic E-state index is -0.0547. The number of fused-ring (bicyclic) bond motifs is 1. The fourth-order valence-corrected chi connectivity index (χ4v) is 2.13. The Labute approximate surface area is 98.5 Å². The largest absolute Gasteiger partial charge is 0.328 e. The zero-order valence-electron chi connectivity index (χ0n) is 9.78. The molecule has 0 saturated carbocycles. The maximum atomic E-state index is 11.8. The lowest BCUT2D eigenvalue weighted by Gasteiger charge is -2.08. The van der Waals surface area contributed by atoms with Crippen molar-refractivity contribution in [2.75, 3.05) is 0 Å². The first-order chi connectivity index (χ1) is 7.43. The molecule has 2 heterocycles. The van der Waals surface area contributed by atoms with Crippen LogP contribution in [0.25, 0.3) is 11.0 Å². The lowest BCUT2D eigenvalue weighted by atomic mass is 10.1. The second-order valence-electron chi connectivity index (χ2n) is 4.25. The predicted molar refractivity (Wildman–Crippen MR) is 65.1 cm³/mol. The van der Waals surface area contributed by atoms with E-state index in [1.165, 1.54) is 0 Å². The molecule has 16 heavy (non-hydrogen) atoms. The van der Waals surface area contributed by atoms with Crippen molar-refractivity contribution in [2.24, 2.45) is 14.1 Å². The molecule has 0 radical (unpaired) electrons. The van der Waals surface area contributed by atoms with Gasteiger partial charge in [0.15, 0.2) is 0 Å². The molecule has 0 unspecified atom stereocenters. The normalized spacial score (nSPS) is 11.6. The molecule has 0 aliphatic heterocycles. The number of pyridine rings is 1. The lowest BCUT2D eigenvalue weighted by Crippen LogP contribution is -2.19. The van der Waals surface area contributed by atoms with Gasteiger partial charge in [0.2, 0.25) is 0 Å². The second kappa shape index (κ2) is 3.63. The van der Waals surface area contributed by atoms with E-state index in [4.69, 9.17) is 11.6 Å². The highest BCUT2D eigenvalue weighted by Gasteiger charge is 2.16. The number of hydrogen-bond donors (Lipinski definition) is 0. The molecule has 5 heteroatoms. The maximum Gasteiger partial charge on any atom is 0.328 e. The van der Waals surface area contributed by atoms with Gasteiger partial charge in [-0.25, -0.2) is 9.78 Å². The van der Waals surface area contributed by atoms with Gasteiger partial charge in [0.05, 0.1) is 16.7 Å². The molecule has 0 aliphatic rings. The van der Waals surface area contributed by atoms with E-state index in [1.54, 1.807) is 29.3 Å². The first kappa shape index (κ1) is 11.2. The van der Waals surface area contributed by atoms with Crippen molar-refractivity contribution in [1.29, 1.82) is 0 Å².